The molecule has 0 bridgehead atoms. The molecule has 0 unspecified atom stereocenters. The minimum atomic E-state index is -6.19. The van der Waals surface area contributed by atoms with Crippen LogP contribution in [0.5, 0.6) is 0 Å². The normalized spacial score (nSPS) is 28.2. The maximum atomic E-state index is 12.7. The lowest BCUT2D eigenvalue weighted by Crippen LogP contribution is -2.65. The van der Waals surface area contributed by atoms with E-state index in [9.17, 15) is 91.0 Å². The van der Waals surface area contributed by atoms with Gasteiger partial charge in [-0.3, -0.25) is 36.7 Å². The molecule has 2 heterocycles. The van der Waals surface area contributed by atoms with Crippen molar-refractivity contribution in [3.8, 4) is 0 Å². The molecule has 7 N–H and O–H groups in total. The predicted octanol–water partition coefficient (Wildman–Crippen LogP) is -2.91. The van der Waals surface area contributed by atoms with E-state index in [2.05, 4.69) is 29.3 Å². The van der Waals surface area contributed by atoms with E-state index >= 15 is 0 Å². The Morgan fingerprint density at radius 3 is 1.45 bits per heavy atom. The summed E-state index contributed by atoms with van der Waals surface area (Å²) in [7, 11) is -42.1. The third-order valence-electron chi connectivity index (χ3n) is 7.70. The van der Waals surface area contributed by atoms with Crippen LogP contribution in [0.3, 0.4) is 0 Å². The largest absolute Gasteiger partial charge is 0.463 e. The fraction of sp³-hybridized carbons (Fsp3) is 0.955. The maximum absolute atomic E-state index is 12.7. The summed E-state index contributed by atoms with van der Waals surface area (Å²) >= 11 is 0. The Balaban J connectivity index is 2.90. The van der Waals surface area contributed by atoms with Crippen LogP contribution < -0.4 is 0 Å². The van der Waals surface area contributed by atoms with Crippen molar-refractivity contribution in [1.82, 2.24) is 0 Å². The molecular formula is C22H40O33S7. The van der Waals surface area contributed by atoms with E-state index in [-0.39, 0.29) is 12.8 Å². The van der Waals surface area contributed by atoms with Crippen molar-refractivity contribution >= 4 is 78.8 Å². The molecule has 0 amide bonds. The zero-order valence-corrected chi connectivity index (χ0v) is 36.7. The molecular weight excluding hydrogens is 1020 g/mol. The van der Waals surface area contributed by atoms with Crippen molar-refractivity contribution in [3.63, 3.8) is 0 Å². The van der Waals surface area contributed by atoms with E-state index in [0.717, 1.165) is 25.7 Å². The molecule has 2 rings (SSSR count). The first kappa shape index (κ1) is 56.6. The van der Waals surface area contributed by atoms with Gasteiger partial charge in [0.15, 0.2) is 18.5 Å². The molecule has 0 aliphatic carbocycles. The van der Waals surface area contributed by atoms with Crippen molar-refractivity contribution < 1.29 is 144 Å². The van der Waals surface area contributed by atoms with E-state index in [1.165, 1.54) is 0 Å². The van der Waals surface area contributed by atoms with Gasteiger partial charge in [-0.05, 0) is 6.42 Å². The van der Waals surface area contributed by atoms with Crippen LogP contribution >= 0.6 is 0 Å². The van der Waals surface area contributed by atoms with Crippen LogP contribution in [-0.4, -0.2) is 171 Å². The molecule has 0 aromatic rings. The van der Waals surface area contributed by atoms with Crippen molar-refractivity contribution in [2.24, 2.45) is 0 Å². The van der Waals surface area contributed by atoms with Crippen LogP contribution in [0.1, 0.15) is 58.3 Å². The molecule has 0 aromatic heterocycles. The van der Waals surface area contributed by atoms with Gasteiger partial charge in [0.2, 0.25) is 5.79 Å². The Kier molecular flexibility index (Phi) is 20.3. The Morgan fingerprint density at radius 2 is 0.968 bits per heavy atom. The smallest absolute Gasteiger partial charge is 0.397 e. The molecule has 62 heavy (non-hydrogen) atoms. The van der Waals surface area contributed by atoms with Crippen LogP contribution in [-0.2, 0) is 126 Å². The molecule has 9 atom stereocenters. The highest BCUT2D eigenvalue weighted by Crippen LogP contribution is 2.43. The van der Waals surface area contributed by atoms with Crippen LogP contribution in [0.4, 0.5) is 0 Å². The summed E-state index contributed by atoms with van der Waals surface area (Å²) in [6.07, 6.45) is -20.3. The average Bonchev–Trinajstić information content (AvgIpc) is 3.31. The summed E-state index contributed by atoms with van der Waals surface area (Å²) in [4.78, 5) is 12.7. The van der Waals surface area contributed by atoms with Gasteiger partial charge in [0.05, 0.1) is 6.61 Å². The average molecular weight is 1060 g/mol. The topological polar surface area (TPSA) is 499 Å². The number of hydrogen-bond donors (Lipinski definition) is 7. The monoisotopic (exact) mass is 1060 g/mol. The number of ether oxygens (including phenoxy) is 4. The fourth-order valence-corrected chi connectivity index (χ4v) is 8.70. The first-order chi connectivity index (χ1) is 27.9. The summed E-state index contributed by atoms with van der Waals surface area (Å²) < 4.78 is 282. The first-order valence-electron chi connectivity index (χ1n) is 16.6. The molecule has 33 nitrogen and oxygen atoms in total. The van der Waals surface area contributed by atoms with Crippen LogP contribution in [0.25, 0.3) is 0 Å². The lowest BCUT2D eigenvalue weighted by molar-refractivity contribution is -0.374. The quantitative estimate of drug-likeness (QED) is 0.0234. The Bertz CT molecular complexity index is 2290. The molecule has 2 saturated heterocycles. The van der Waals surface area contributed by atoms with Gasteiger partial charge in [0.1, 0.15) is 43.7 Å². The van der Waals surface area contributed by atoms with Gasteiger partial charge in [-0.2, -0.15) is 58.9 Å². The Labute approximate surface area is 354 Å². The highest BCUT2D eigenvalue weighted by Gasteiger charge is 2.65. The van der Waals surface area contributed by atoms with Crippen LogP contribution in [0.15, 0.2) is 0 Å². The van der Waals surface area contributed by atoms with Gasteiger partial charge in [-0.15, -0.1) is 0 Å². The number of hydrogen-bond acceptors (Lipinski definition) is 26. The van der Waals surface area contributed by atoms with E-state index in [4.69, 9.17) is 23.5 Å². The van der Waals surface area contributed by atoms with E-state index in [1.807, 2.05) is 6.92 Å². The van der Waals surface area contributed by atoms with Crippen LogP contribution in [0.2, 0.25) is 0 Å². The minimum Gasteiger partial charge on any atom is -0.463 e. The zero-order valence-electron chi connectivity index (χ0n) is 31.0. The third kappa shape index (κ3) is 21.6. The number of carbonyl (C=O) groups excluding carboxylic acids is 1. The molecule has 2 aliphatic heterocycles. The fourth-order valence-electron chi connectivity index (χ4n) is 5.56. The highest BCUT2D eigenvalue weighted by atomic mass is 32.3. The highest BCUT2D eigenvalue weighted by molar-refractivity contribution is 7.82. The van der Waals surface area contributed by atoms with Crippen molar-refractivity contribution in [2.45, 2.75) is 113 Å². The maximum Gasteiger partial charge on any atom is 0.397 e. The second kappa shape index (κ2) is 22.3. The molecule has 0 radical (unpaired) electrons. The standard InChI is InChI=1S/C22H40O33S7/c1-2-3-4-5-6-7-8-9-15(23)45-10-13-16(51-58(30,31)32)18(53-60(36,37)38)19(54-61(39,40)41)21(48-13)50-22(12-47-57(27,28)29)20(55-62(42,43)44)17(52-59(33,34)35)14(49-22)11-46-56(24,25)26/h13-14,16-21H,2-12H2,1H3,(H,24,25,26)(H,27,28,29)(H,30,31,32)(H,33,34,35)(H,36,37,38)(H,39,40,41)(H,42,43,44)/t13-,14-,16-,17-,18+,19-,20+,21-,22+/m1/s1. The number of carbonyl (C=O) groups is 1. The summed E-state index contributed by atoms with van der Waals surface area (Å²) in [6.45, 7) is -3.59. The van der Waals surface area contributed by atoms with Gasteiger partial charge < -0.3 is 18.9 Å². The molecule has 368 valence electrons. The van der Waals surface area contributed by atoms with Crippen molar-refractivity contribution in [2.75, 3.05) is 19.8 Å². The lowest BCUT2D eigenvalue weighted by Gasteiger charge is -2.45. The Hall–Kier alpha value is -1.56. The molecule has 40 heteroatoms. The molecule has 0 saturated carbocycles. The predicted molar refractivity (Wildman–Crippen MR) is 188 cm³/mol. The number of unbranched alkanes of at least 4 members (excludes halogenated alkanes) is 6. The summed E-state index contributed by atoms with van der Waals surface area (Å²) in [5.41, 5.74) is 0. The van der Waals surface area contributed by atoms with Gasteiger partial charge in [0, 0.05) is 6.42 Å². The third-order valence-corrected chi connectivity index (χ3v) is 10.9. The van der Waals surface area contributed by atoms with E-state index < -0.39 is 153 Å². The van der Waals surface area contributed by atoms with E-state index in [1.54, 1.807) is 0 Å². The summed E-state index contributed by atoms with van der Waals surface area (Å²) in [6, 6.07) is 0. The SMILES string of the molecule is CCCCCCCCCC(=O)OC[C@H]1O[C@H](O[C@]2(COS(=O)(=O)O)O[C@H](COS(=O)(=O)O)[C@@H](OS(=O)(=O)O)[C@@H]2OS(=O)(=O)O)[C@H](OS(=O)(=O)O)[C@@H](OS(=O)(=O)O)[C@@H]1OS(=O)(=O)O. The summed E-state index contributed by atoms with van der Waals surface area (Å²) in [5, 5.41) is 0. The zero-order chi connectivity index (χ0) is 47.8. The van der Waals surface area contributed by atoms with Crippen molar-refractivity contribution in [3.05, 3.63) is 0 Å². The van der Waals surface area contributed by atoms with E-state index in [0.29, 0.717) is 12.8 Å². The summed E-state index contributed by atoms with van der Waals surface area (Å²) in [5.74, 6) is -5.16. The number of rotatable bonds is 28. The second-order valence-electron chi connectivity index (χ2n) is 12.5. The lowest BCUT2D eigenvalue weighted by atomic mass is 9.98. The Morgan fingerprint density at radius 1 is 0.516 bits per heavy atom. The van der Waals surface area contributed by atoms with Crippen molar-refractivity contribution in [1.29, 1.82) is 0 Å². The van der Waals surface area contributed by atoms with Gasteiger partial charge in [-0.25, -0.2) is 29.3 Å². The van der Waals surface area contributed by atoms with Crippen LogP contribution in [0, 0.1) is 0 Å². The number of esters is 1. The minimum absolute atomic E-state index is 0.171. The molecule has 0 aromatic carbocycles. The van der Waals surface area contributed by atoms with Gasteiger partial charge in [-0.1, -0.05) is 45.4 Å². The molecule has 2 fully saturated rings. The van der Waals surface area contributed by atoms with Gasteiger partial charge in [0.25, 0.3) is 0 Å². The second-order valence-corrected chi connectivity index (χ2v) is 19.9. The first-order valence-corrected chi connectivity index (χ1v) is 26.2. The van der Waals surface area contributed by atoms with Gasteiger partial charge >= 0.3 is 78.8 Å². The molecule has 2 aliphatic rings. The molecule has 0 spiro atoms.